The van der Waals surface area contributed by atoms with E-state index in [0.29, 0.717) is 18.4 Å². The van der Waals surface area contributed by atoms with Crippen molar-refractivity contribution in [2.45, 2.75) is 19.9 Å². The van der Waals surface area contributed by atoms with Crippen LogP contribution in [-0.4, -0.2) is 29.0 Å². The molecule has 0 aliphatic rings. The number of hydrogen-bond donors (Lipinski definition) is 2. The first kappa shape index (κ1) is 12.4. The lowest BCUT2D eigenvalue weighted by atomic mass is 10.4. The molecular weight excluding hydrogens is 208 g/mol. The predicted octanol–water partition coefficient (Wildman–Crippen LogP) is 1.40. The predicted molar refractivity (Wildman–Crippen MR) is 62.5 cm³/mol. The second-order valence-corrected chi connectivity index (χ2v) is 3.69. The van der Waals surface area contributed by atoms with Crippen LogP contribution in [0.25, 0.3) is 0 Å². The zero-order valence-corrected chi connectivity index (χ0v) is 9.43. The first-order valence-corrected chi connectivity index (χ1v) is 5.17. The maximum Gasteiger partial charge on any atom is 0.274 e. The van der Waals surface area contributed by atoms with Crippen molar-refractivity contribution in [1.82, 2.24) is 10.3 Å². The molecule has 88 valence electrons. The van der Waals surface area contributed by atoms with Gasteiger partial charge in [0.2, 0.25) is 0 Å². The van der Waals surface area contributed by atoms with Crippen LogP contribution in [0.1, 0.15) is 13.8 Å². The molecule has 1 heterocycles. The Morgan fingerprint density at radius 2 is 2.25 bits per heavy atom. The summed E-state index contributed by atoms with van der Waals surface area (Å²) in [5.41, 5.74) is 0.0503. The van der Waals surface area contributed by atoms with Crippen LogP contribution in [0.5, 0.6) is 0 Å². The van der Waals surface area contributed by atoms with E-state index in [1.165, 1.54) is 18.3 Å². The van der Waals surface area contributed by atoms with Crippen LogP contribution in [-0.2, 0) is 0 Å². The summed E-state index contributed by atoms with van der Waals surface area (Å²) in [6.07, 6.45) is 1.43. The minimum atomic E-state index is -0.431. The summed E-state index contributed by atoms with van der Waals surface area (Å²) in [5, 5.41) is 16.8. The lowest BCUT2D eigenvalue weighted by Gasteiger charge is -2.09. The van der Waals surface area contributed by atoms with Crippen molar-refractivity contribution >= 4 is 11.5 Å². The fourth-order valence-electron chi connectivity index (χ4n) is 1.18. The smallest absolute Gasteiger partial charge is 0.274 e. The van der Waals surface area contributed by atoms with Gasteiger partial charge in [-0.05, 0) is 0 Å². The molecule has 0 fully saturated rings. The average Bonchev–Trinajstić information content (AvgIpc) is 2.24. The van der Waals surface area contributed by atoms with Crippen LogP contribution in [0.2, 0.25) is 0 Å². The molecule has 1 aromatic heterocycles. The Kier molecular flexibility index (Phi) is 4.65. The molecule has 0 spiro atoms. The summed E-state index contributed by atoms with van der Waals surface area (Å²) >= 11 is 0. The Hall–Kier alpha value is -1.69. The van der Waals surface area contributed by atoms with Gasteiger partial charge in [-0.25, -0.2) is 4.98 Å². The van der Waals surface area contributed by atoms with E-state index < -0.39 is 4.92 Å². The van der Waals surface area contributed by atoms with Gasteiger partial charge in [-0.3, -0.25) is 10.1 Å². The highest BCUT2D eigenvalue weighted by atomic mass is 16.6. The molecule has 0 aromatic carbocycles. The third kappa shape index (κ3) is 4.22. The molecule has 1 aromatic rings. The Balaban J connectivity index is 2.42. The molecule has 16 heavy (non-hydrogen) atoms. The molecule has 6 heteroatoms. The summed E-state index contributed by atoms with van der Waals surface area (Å²) in [6.45, 7) is 5.60. The monoisotopic (exact) mass is 224 g/mol. The van der Waals surface area contributed by atoms with E-state index >= 15 is 0 Å². The van der Waals surface area contributed by atoms with Gasteiger partial charge in [0.05, 0.1) is 11.0 Å². The van der Waals surface area contributed by atoms with Crippen molar-refractivity contribution in [3.05, 3.63) is 28.4 Å². The lowest BCUT2D eigenvalue weighted by molar-refractivity contribution is -0.384. The third-order valence-electron chi connectivity index (χ3n) is 1.94. The summed E-state index contributed by atoms with van der Waals surface area (Å²) in [5.74, 6) is 0.528. The molecule has 2 N–H and O–H groups in total. The largest absolute Gasteiger partial charge is 0.369 e. The molecular formula is C10H16N4O2. The van der Waals surface area contributed by atoms with Gasteiger partial charge in [0.25, 0.3) is 5.69 Å². The van der Waals surface area contributed by atoms with Crippen molar-refractivity contribution in [2.75, 3.05) is 18.4 Å². The summed E-state index contributed by atoms with van der Waals surface area (Å²) in [4.78, 5) is 14.1. The van der Waals surface area contributed by atoms with E-state index in [1.807, 2.05) is 0 Å². The fourth-order valence-corrected chi connectivity index (χ4v) is 1.18. The van der Waals surface area contributed by atoms with Crippen LogP contribution in [0.3, 0.4) is 0 Å². The van der Waals surface area contributed by atoms with Crippen molar-refractivity contribution < 1.29 is 4.92 Å². The Morgan fingerprint density at radius 3 is 2.88 bits per heavy atom. The van der Waals surface area contributed by atoms with Gasteiger partial charge in [0.1, 0.15) is 5.82 Å². The number of pyridine rings is 1. The first-order chi connectivity index (χ1) is 7.59. The van der Waals surface area contributed by atoms with E-state index in [-0.39, 0.29) is 5.69 Å². The molecule has 0 unspecified atom stereocenters. The van der Waals surface area contributed by atoms with Crippen LogP contribution >= 0.6 is 0 Å². The van der Waals surface area contributed by atoms with Crippen LogP contribution < -0.4 is 10.6 Å². The van der Waals surface area contributed by atoms with E-state index in [9.17, 15) is 10.1 Å². The summed E-state index contributed by atoms with van der Waals surface area (Å²) in [7, 11) is 0. The maximum atomic E-state index is 10.5. The molecule has 0 atom stereocenters. The highest BCUT2D eigenvalue weighted by Gasteiger charge is 2.05. The third-order valence-corrected chi connectivity index (χ3v) is 1.94. The number of aromatic nitrogens is 1. The maximum absolute atomic E-state index is 10.5. The van der Waals surface area contributed by atoms with E-state index in [1.54, 1.807) is 0 Å². The first-order valence-electron chi connectivity index (χ1n) is 5.17. The highest BCUT2D eigenvalue weighted by Crippen LogP contribution is 2.13. The zero-order chi connectivity index (χ0) is 12.0. The number of nitrogens with zero attached hydrogens (tertiary/aromatic N) is 2. The van der Waals surface area contributed by atoms with E-state index in [2.05, 4.69) is 29.5 Å². The van der Waals surface area contributed by atoms with Crippen LogP contribution in [0, 0.1) is 10.1 Å². The van der Waals surface area contributed by atoms with Crippen molar-refractivity contribution in [2.24, 2.45) is 0 Å². The number of nitro groups is 1. The minimum Gasteiger partial charge on any atom is -0.369 e. The van der Waals surface area contributed by atoms with E-state index in [4.69, 9.17) is 0 Å². The van der Waals surface area contributed by atoms with Crippen molar-refractivity contribution in [3.8, 4) is 0 Å². The topological polar surface area (TPSA) is 80.1 Å². The average molecular weight is 224 g/mol. The van der Waals surface area contributed by atoms with Gasteiger partial charge < -0.3 is 10.6 Å². The normalized spacial score (nSPS) is 10.4. The molecule has 0 saturated carbocycles. The number of anilines is 1. The minimum absolute atomic E-state index is 0.0503. The molecule has 0 aliphatic heterocycles. The van der Waals surface area contributed by atoms with Gasteiger partial charge in [-0.1, -0.05) is 13.8 Å². The second kappa shape index (κ2) is 6.02. The Morgan fingerprint density at radius 1 is 1.50 bits per heavy atom. The molecule has 0 radical (unpaired) electrons. The van der Waals surface area contributed by atoms with E-state index in [0.717, 1.165) is 6.54 Å². The highest BCUT2D eigenvalue weighted by molar-refractivity contribution is 5.44. The number of rotatable bonds is 6. The fraction of sp³-hybridized carbons (Fsp3) is 0.500. The van der Waals surface area contributed by atoms with Crippen LogP contribution in [0.4, 0.5) is 11.5 Å². The van der Waals surface area contributed by atoms with Gasteiger partial charge in [0, 0.05) is 31.4 Å². The van der Waals surface area contributed by atoms with Gasteiger partial charge in [0.15, 0.2) is 0 Å². The Bertz CT molecular complexity index is 354. The standard InChI is InChI=1S/C10H16N4O2/c1-8(2)11-5-6-13-10-7-9(14(15)16)3-4-12-10/h3-4,7-8,11H,5-6H2,1-2H3,(H,12,13). The quantitative estimate of drug-likeness (QED) is 0.433. The SMILES string of the molecule is CC(C)NCCNc1cc([N+](=O)[O-])ccn1. The van der Waals surface area contributed by atoms with Gasteiger partial charge in [-0.15, -0.1) is 0 Å². The number of hydrogen-bond acceptors (Lipinski definition) is 5. The molecule has 0 amide bonds. The second-order valence-electron chi connectivity index (χ2n) is 3.69. The van der Waals surface area contributed by atoms with Gasteiger partial charge >= 0.3 is 0 Å². The zero-order valence-electron chi connectivity index (χ0n) is 9.43. The summed E-state index contributed by atoms with van der Waals surface area (Å²) in [6, 6.07) is 3.23. The van der Waals surface area contributed by atoms with Gasteiger partial charge in [-0.2, -0.15) is 0 Å². The molecule has 1 rings (SSSR count). The Labute approximate surface area is 94.2 Å². The van der Waals surface area contributed by atoms with Crippen molar-refractivity contribution in [1.29, 1.82) is 0 Å². The summed E-state index contributed by atoms with van der Waals surface area (Å²) < 4.78 is 0. The molecule has 0 bridgehead atoms. The van der Waals surface area contributed by atoms with Crippen molar-refractivity contribution in [3.63, 3.8) is 0 Å². The molecule has 0 aliphatic carbocycles. The lowest BCUT2D eigenvalue weighted by Crippen LogP contribution is -2.28. The van der Waals surface area contributed by atoms with Crippen LogP contribution in [0.15, 0.2) is 18.3 Å². The molecule has 6 nitrogen and oxygen atoms in total. The number of nitrogens with one attached hydrogen (secondary N) is 2. The molecule has 0 saturated heterocycles.